The lowest BCUT2D eigenvalue weighted by Crippen LogP contribution is -2.63. The van der Waals surface area contributed by atoms with Gasteiger partial charge in [-0.25, -0.2) is 9.69 Å². The van der Waals surface area contributed by atoms with Crippen molar-refractivity contribution < 1.29 is 29.0 Å². The molecule has 5 rings (SSSR count). The number of Topliss-reactive ketones (excluding diaryl/α,β-unsaturated/α-hetero) is 1. The van der Waals surface area contributed by atoms with Gasteiger partial charge in [0.05, 0.1) is 18.7 Å². The summed E-state index contributed by atoms with van der Waals surface area (Å²) in [6.07, 6.45) is 2.65. The maximum atomic E-state index is 13.8. The molecule has 9 atom stereocenters. The number of nitrogens with one attached hydrogen (secondary N) is 1. The first-order valence-corrected chi connectivity index (χ1v) is 14.8. The van der Waals surface area contributed by atoms with E-state index in [0.29, 0.717) is 29.7 Å². The molecule has 3 amide bonds. The number of rotatable bonds is 4. The van der Waals surface area contributed by atoms with E-state index in [1.807, 2.05) is 6.92 Å². The maximum absolute atomic E-state index is 13.8. The minimum Gasteiger partial charge on any atom is -0.445 e. The first-order valence-electron chi connectivity index (χ1n) is 14.8. The van der Waals surface area contributed by atoms with Gasteiger partial charge in [0, 0.05) is 34.4 Å². The van der Waals surface area contributed by atoms with Crippen molar-refractivity contribution in [3.05, 3.63) is 42.0 Å². The molecule has 0 radical (unpaired) electrons. The molecule has 3 saturated carbocycles. The normalized spacial score (nSPS) is 37.9. The van der Waals surface area contributed by atoms with Crippen molar-refractivity contribution in [3.63, 3.8) is 0 Å². The molecule has 1 heterocycles. The second-order valence-corrected chi connectivity index (χ2v) is 13.5. The van der Waals surface area contributed by atoms with Gasteiger partial charge in [-0.15, -0.1) is 19.0 Å². The predicted molar refractivity (Wildman–Crippen MR) is 161 cm³/mol. The Kier molecular flexibility index (Phi) is 8.48. The fourth-order valence-electron chi connectivity index (χ4n) is 8.47. The summed E-state index contributed by atoms with van der Waals surface area (Å²) < 4.78 is 6.30. The highest BCUT2D eigenvalue weighted by molar-refractivity contribution is 6.07. The molecule has 0 spiro atoms. The number of carbonyl (C=O) groups excluding carboxylic acids is 4. The molecule has 4 aliphatic rings. The number of imide groups is 1. The summed E-state index contributed by atoms with van der Waals surface area (Å²) >= 11 is 0. The lowest BCUT2D eigenvalue weighted by molar-refractivity contribution is -0.192. The second kappa shape index (κ2) is 11.1. The molecule has 1 aromatic carbocycles. The largest absolute Gasteiger partial charge is 0.445 e. The molecule has 3 aliphatic carbocycles. The van der Waals surface area contributed by atoms with Crippen molar-refractivity contribution in [2.24, 2.45) is 39.7 Å². The van der Waals surface area contributed by atoms with Crippen molar-refractivity contribution in [1.29, 1.82) is 0 Å². The number of hydrogen-bond acceptors (Lipinski definition) is 7. The summed E-state index contributed by atoms with van der Waals surface area (Å²) in [6, 6.07) is 4.20. The van der Waals surface area contributed by atoms with E-state index in [0.717, 1.165) is 17.7 Å². The molecule has 230 valence electrons. The average Bonchev–Trinajstić information content (AvgIpc) is 3.46. The minimum absolute atomic E-state index is 0. The zero-order valence-corrected chi connectivity index (χ0v) is 26.0. The number of ketones is 1. The Morgan fingerprint density at radius 2 is 1.93 bits per heavy atom. The molecule has 1 aromatic rings. The lowest BCUT2D eigenvalue weighted by Gasteiger charge is -2.61. The monoisotopic (exact) mass is 601 g/mol. The van der Waals surface area contributed by atoms with Crippen LogP contribution in [-0.4, -0.2) is 51.9 Å². The Bertz CT molecular complexity index is 1320. The molecular formula is C32H44ClN3O6. The molecule has 0 aromatic heterocycles. The van der Waals surface area contributed by atoms with E-state index in [2.05, 4.69) is 32.7 Å². The molecule has 0 saturated heterocycles. The molecule has 1 aliphatic heterocycles. The summed E-state index contributed by atoms with van der Waals surface area (Å²) in [5.74, 6) is -1.12. The summed E-state index contributed by atoms with van der Waals surface area (Å²) in [4.78, 5) is 54.0. The van der Waals surface area contributed by atoms with Crippen LogP contribution in [0.3, 0.4) is 0 Å². The predicted octanol–water partition coefficient (Wildman–Crippen LogP) is 4.85. The van der Waals surface area contributed by atoms with Crippen LogP contribution in [0.4, 0.5) is 10.5 Å². The number of aliphatic hydroxyl groups is 1. The van der Waals surface area contributed by atoms with E-state index in [1.165, 1.54) is 0 Å². The molecular weight excluding hydrogens is 558 g/mol. The minimum atomic E-state index is -0.776. The van der Waals surface area contributed by atoms with Gasteiger partial charge in [-0.2, -0.15) is 0 Å². The zero-order chi connectivity index (χ0) is 30.1. The Morgan fingerprint density at radius 1 is 1.24 bits per heavy atom. The number of halogens is 1. The fraction of sp³-hybridized carbons (Fsp3) is 0.625. The SMILES string of the molecule is C=C[C@]1(C)C[C@@H](OC(=O)N2Cc3ccc(NC(=O)[C@H](C)N)cc3C2=O)[C@]2(C)[C@H](C)CC[C@]3(CCC(=O)[C@H]32)[C@@H](C)[C@@H]1O.Cl. The van der Waals surface area contributed by atoms with Gasteiger partial charge < -0.3 is 20.9 Å². The smallest absolute Gasteiger partial charge is 0.417 e. The van der Waals surface area contributed by atoms with E-state index in [4.69, 9.17) is 10.5 Å². The number of aliphatic hydroxyl groups excluding tert-OH is 1. The van der Waals surface area contributed by atoms with Gasteiger partial charge in [-0.3, -0.25) is 14.4 Å². The number of nitrogens with zero attached hydrogens (tertiary/aromatic N) is 1. The highest BCUT2D eigenvalue weighted by atomic mass is 35.5. The van der Waals surface area contributed by atoms with Gasteiger partial charge in [-0.05, 0) is 67.6 Å². The number of anilines is 1. The molecule has 3 fully saturated rings. The van der Waals surface area contributed by atoms with Gasteiger partial charge in [0.1, 0.15) is 11.9 Å². The average molecular weight is 602 g/mol. The van der Waals surface area contributed by atoms with Crippen molar-refractivity contribution in [3.8, 4) is 0 Å². The van der Waals surface area contributed by atoms with E-state index in [9.17, 15) is 24.3 Å². The molecule has 42 heavy (non-hydrogen) atoms. The number of benzene rings is 1. The third-order valence-corrected chi connectivity index (χ3v) is 11.4. The van der Waals surface area contributed by atoms with Gasteiger partial charge in [0.15, 0.2) is 0 Å². The second-order valence-electron chi connectivity index (χ2n) is 13.5. The van der Waals surface area contributed by atoms with Crippen LogP contribution in [-0.2, 0) is 20.9 Å². The van der Waals surface area contributed by atoms with E-state index < -0.39 is 41.1 Å². The van der Waals surface area contributed by atoms with Crippen LogP contribution < -0.4 is 11.1 Å². The third-order valence-electron chi connectivity index (χ3n) is 11.4. The lowest BCUT2D eigenvalue weighted by atomic mass is 9.44. The number of ether oxygens (including phenoxy) is 1. The summed E-state index contributed by atoms with van der Waals surface area (Å²) in [5, 5.41) is 14.4. The van der Waals surface area contributed by atoms with Crippen molar-refractivity contribution in [2.75, 3.05) is 5.32 Å². The molecule has 2 bridgehead atoms. The molecule has 4 N–H and O–H groups in total. The van der Waals surface area contributed by atoms with Crippen LogP contribution in [0.5, 0.6) is 0 Å². The van der Waals surface area contributed by atoms with Crippen LogP contribution in [0.1, 0.15) is 82.6 Å². The highest BCUT2D eigenvalue weighted by Gasteiger charge is 2.68. The van der Waals surface area contributed by atoms with Gasteiger partial charge in [-0.1, -0.05) is 39.8 Å². The standard InChI is InChI=1S/C32H43N3O6.ClH/c1-7-30(5)15-24(31(6)17(2)10-12-32(18(3)26(30)37)13-11-23(36)25(31)32)41-29(40)35-16-20-8-9-21(14-22(20)28(35)39)34-27(38)19(4)33;/h7-9,14,17-19,24-26,37H,1,10-13,15-16,33H2,2-6H3,(H,34,38);1H/t17-,18+,19+,24-,25+,26+,30-,31+,32+;/m1./s1. The Hall–Kier alpha value is -2.75. The fourth-order valence-corrected chi connectivity index (χ4v) is 8.47. The van der Waals surface area contributed by atoms with Gasteiger partial charge in [0.25, 0.3) is 5.91 Å². The quantitative estimate of drug-likeness (QED) is 0.419. The highest BCUT2D eigenvalue weighted by Crippen LogP contribution is 2.68. The maximum Gasteiger partial charge on any atom is 0.417 e. The Balaban J connectivity index is 0.00000405. The Labute approximate surface area is 254 Å². The molecule has 10 heteroatoms. The van der Waals surface area contributed by atoms with Gasteiger partial charge in [0.2, 0.25) is 5.91 Å². The first-order chi connectivity index (χ1) is 19.2. The van der Waals surface area contributed by atoms with Crippen LogP contribution >= 0.6 is 12.4 Å². The van der Waals surface area contributed by atoms with Crippen LogP contribution in [0.2, 0.25) is 0 Å². The van der Waals surface area contributed by atoms with Gasteiger partial charge >= 0.3 is 6.09 Å². The zero-order valence-electron chi connectivity index (χ0n) is 25.1. The van der Waals surface area contributed by atoms with Crippen LogP contribution in [0, 0.1) is 34.0 Å². The summed E-state index contributed by atoms with van der Waals surface area (Å²) in [6.45, 7) is 13.8. The van der Waals surface area contributed by atoms with Crippen LogP contribution in [0.15, 0.2) is 30.9 Å². The van der Waals surface area contributed by atoms with Crippen LogP contribution in [0.25, 0.3) is 0 Å². The number of hydrogen-bond donors (Lipinski definition) is 3. The number of carbonyl (C=O) groups is 4. The third kappa shape index (κ3) is 4.68. The molecule has 0 unspecified atom stereocenters. The van der Waals surface area contributed by atoms with Crippen molar-refractivity contribution in [1.82, 2.24) is 4.90 Å². The van der Waals surface area contributed by atoms with E-state index in [1.54, 1.807) is 31.2 Å². The summed E-state index contributed by atoms with van der Waals surface area (Å²) in [5.41, 5.74) is 5.19. The van der Waals surface area contributed by atoms with E-state index in [-0.39, 0.29) is 60.2 Å². The van der Waals surface area contributed by atoms with Crippen molar-refractivity contribution in [2.45, 2.75) is 91.5 Å². The number of amides is 3. The Morgan fingerprint density at radius 3 is 2.57 bits per heavy atom. The number of fused-ring (bicyclic) bond motifs is 1. The molecule has 9 nitrogen and oxygen atoms in total. The first kappa shape index (κ1) is 32.2. The number of nitrogens with two attached hydrogens (primary N) is 1. The van der Waals surface area contributed by atoms with E-state index >= 15 is 0 Å². The summed E-state index contributed by atoms with van der Waals surface area (Å²) in [7, 11) is 0. The van der Waals surface area contributed by atoms with Crippen molar-refractivity contribution >= 4 is 41.8 Å². The topological polar surface area (TPSA) is 139 Å².